The van der Waals surface area contributed by atoms with Crippen LogP contribution in [0.1, 0.15) is 35.2 Å². The van der Waals surface area contributed by atoms with Gasteiger partial charge in [-0.25, -0.2) is 0 Å². The molecule has 1 aliphatic heterocycles. The highest BCUT2D eigenvalue weighted by molar-refractivity contribution is 7.26. The van der Waals surface area contributed by atoms with Gasteiger partial charge in [-0.3, -0.25) is 16.0 Å². The van der Waals surface area contributed by atoms with Gasteiger partial charge in [-0.1, -0.05) is 140 Å². The van der Waals surface area contributed by atoms with Crippen LogP contribution in [-0.4, -0.2) is 4.57 Å². The lowest BCUT2D eigenvalue weighted by Gasteiger charge is -2.40. The first-order valence-electron chi connectivity index (χ1n) is 19.5. The molecule has 1 saturated heterocycles. The third-order valence-electron chi connectivity index (χ3n) is 11.7. The molecule has 6 heteroatoms. The zero-order valence-electron chi connectivity index (χ0n) is 30.8. The average Bonchev–Trinajstić information content (AvgIpc) is 3.96. The molecule has 0 bridgehead atoms. The maximum atomic E-state index is 3.93. The summed E-state index contributed by atoms with van der Waals surface area (Å²) >= 11 is 3.77. The monoisotopic (exact) mass is 768 g/mol. The lowest BCUT2D eigenvalue weighted by atomic mass is 9.98. The first-order chi connectivity index (χ1) is 28.2. The molecule has 4 heterocycles. The summed E-state index contributed by atoms with van der Waals surface area (Å²) in [5.74, 6) is 0. The summed E-state index contributed by atoms with van der Waals surface area (Å²) in [6, 6.07) is 66.6. The molecule has 11 aromatic rings. The van der Waals surface area contributed by atoms with Gasteiger partial charge >= 0.3 is 0 Å². The first kappa shape index (κ1) is 33.1. The molecule has 1 fully saturated rings. The maximum Gasteiger partial charge on any atom is 0.0871 e. The normalized spacial score (nSPS) is 17.4. The van der Waals surface area contributed by atoms with Gasteiger partial charge in [0.05, 0.1) is 39.9 Å². The number of rotatable bonds is 5. The largest absolute Gasteiger partial charge is 0.308 e. The number of hydrogen-bond donors (Lipinski definition) is 3. The smallest absolute Gasteiger partial charge is 0.0871 e. The van der Waals surface area contributed by atoms with Crippen LogP contribution in [0.4, 0.5) is 0 Å². The van der Waals surface area contributed by atoms with Gasteiger partial charge in [0.2, 0.25) is 0 Å². The highest BCUT2D eigenvalue weighted by atomic mass is 32.1. The Kier molecular flexibility index (Phi) is 7.68. The molecule has 0 radical (unpaired) electrons. The number of nitrogens with zero attached hydrogens (tertiary/aromatic N) is 1. The van der Waals surface area contributed by atoms with E-state index in [4.69, 9.17) is 0 Å². The zero-order chi connectivity index (χ0) is 37.5. The van der Waals surface area contributed by atoms with Crippen LogP contribution in [0.3, 0.4) is 0 Å². The van der Waals surface area contributed by atoms with Crippen molar-refractivity contribution >= 4 is 84.8 Å². The molecule has 1 aliphatic rings. The third kappa shape index (κ3) is 5.37. The molecule has 0 spiro atoms. The molecule has 12 rings (SSSR count). The summed E-state index contributed by atoms with van der Waals surface area (Å²) in [6.07, 6.45) is -0.130. The Labute approximate surface area is 337 Å². The van der Waals surface area contributed by atoms with Crippen molar-refractivity contribution in [1.29, 1.82) is 0 Å². The van der Waals surface area contributed by atoms with Gasteiger partial charge in [-0.05, 0) is 70.3 Å². The minimum Gasteiger partial charge on any atom is -0.308 e. The second-order valence-corrected chi connectivity index (χ2v) is 17.1. The molecule has 272 valence electrons. The van der Waals surface area contributed by atoms with Crippen molar-refractivity contribution in [1.82, 2.24) is 20.5 Å². The van der Waals surface area contributed by atoms with Gasteiger partial charge in [0.15, 0.2) is 0 Å². The molecule has 3 N–H and O–H groups in total. The minimum atomic E-state index is -0.0783. The maximum absolute atomic E-state index is 3.93. The summed E-state index contributed by atoms with van der Waals surface area (Å²) in [7, 11) is 0. The van der Waals surface area contributed by atoms with E-state index in [2.05, 4.69) is 203 Å². The van der Waals surface area contributed by atoms with Crippen LogP contribution in [0, 0.1) is 0 Å². The van der Waals surface area contributed by atoms with Gasteiger partial charge in [-0.2, -0.15) is 0 Å². The standard InChI is InChI=1S/C51H36N4S2/c1-3-13-31(14-4-1)49-52-50(32-15-5-2-6-16-32)54-51(53-49)39-20-12-24-45-47(39)40-29-33(26-28-44(40)56-45)34-25-27-37-38-19-11-23-43(48(38)57-46(37)30-34)55-41-21-9-7-17-35(41)36-18-8-10-22-42(36)55/h1-30,49-54H. The Balaban J connectivity index is 0.971. The molecular weight excluding hydrogens is 733 g/mol. The van der Waals surface area contributed by atoms with Crippen molar-refractivity contribution in [2.75, 3.05) is 0 Å². The Morgan fingerprint density at radius 2 is 0.982 bits per heavy atom. The Hall–Kier alpha value is -6.12. The van der Waals surface area contributed by atoms with E-state index in [1.807, 2.05) is 22.7 Å². The summed E-state index contributed by atoms with van der Waals surface area (Å²) in [6.45, 7) is 0. The van der Waals surface area contributed by atoms with Crippen molar-refractivity contribution in [3.63, 3.8) is 0 Å². The van der Waals surface area contributed by atoms with Crippen LogP contribution in [0.25, 0.3) is 79.0 Å². The number of nitrogens with one attached hydrogen (secondary N) is 3. The van der Waals surface area contributed by atoms with Gasteiger partial charge < -0.3 is 4.57 Å². The van der Waals surface area contributed by atoms with Crippen LogP contribution in [0.15, 0.2) is 182 Å². The van der Waals surface area contributed by atoms with Crippen LogP contribution in [0.2, 0.25) is 0 Å². The fourth-order valence-electron chi connectivity index (χ4n) is 9.10. The highest BCUT2D eigenvalue weighted by Crippen LogP contribution is 2.44. The number of benzene rings is 8. The molecule has 0 aliphatic carbocycles. The predicted octanol–water partition coefficient (Wildman–Crippen LogP) is 13.4. The molecule has 2 unspecified atom stereocenters. The molecule has 4 nitrogen and oxygen atoms in total. The van der Waals surface area contributed by atoms with E-state index in [0.29, 0.717) is 0 Å². The molecule has 0 amide bonds. The summed E-state index contributed by atoms with van der Waals surface area (Å²) in [5, 5.41) is 19.5. The summed E-state index contributed by atoms with van der Waals surface area (Å²) in [4.78, 5) is 0. The average molecular weight is 769 g/mol. The fraction of sp³-hybridized carbons (Fsp3) is 0.0588. The van der Waals surface area contributed by atoms with Gasteiger partial charge in [0.25, 0.3) is 0 Å². The Morgan fingerprint density at radius 1 is 0.386 bits per heavy atom. The topological polar surface area (TPSA) is 41.0 Å². The lowest BCUT2D eigenvalue weighted by molar-refractivity contribution is 0.204. The molecule has 3 aromatic heterocycles. The van der Waals surface area contributed by atoms with Gasteiger partial charge in [-0.15, -0.1) is 22.7 Å². The zero-order valence-corrected chi connectivity index (χ0v) is 32.4. The minimum absolute atomic E-state index is 0.0260. The van der Waals surface area contributed by atoms with Crippen LogP contribution >= 0.6 is 22.7 Å². The number of hydrogen-bond acceptors (Lipinski definition) is 5. The SMILES string of the molecule is c1ccc(C2NC(c3ccccc3)NC(c3cccc4sc5ccc(-c6ccc7c(c6)sc6c(-n8c9ccccc9c9ccccc98)cccc67)cc5c34)N2)cc1. The van der Waals surface area contributed by atoms with Crippen molar-refractivity contribution in [3.8, 4) is 16.8 Å². The second-order valence-electron chi connectivity index (χ2n) is 15.0. The second kappa shape index (κ2) is 13.2. The summed E-state index contributed by atoms with van der Waals surface area (Å²) in [5.41, 5.74) is 9.86. The third-order valence-corrected chi connectivity index (χ3v) is 14.1. The van der Waals surface area contributed by atoms with Gasteiger partial charge in [0, 0.05) is 46.4 Å². The van der Waals surface area contributed by atoms with Crippen LogP contribution < -0.4 is 16.0 Å². The number of aromatic nitrogens is 1. The number of thiophene rings is 2. The molecule has 57 heavy (non-hydrogen) atoms. The molecule has 2 atom stereocenters. The Bertz CT molecular complexity index is 3210. The lowest BCUT2D eigenvalue weighted by Crippen LogP contribution is -2.54. The first-order valence-corrected chi connectivity index (χ1v) is 21.2. The number of fused-ring (bicyclic) bond motifs is 9. The van der Waals surface area contributed by atoms with Gasteiger partial charge in [0.1, 0.15) is 0 Å². The van der Waals surface area contributed by atoms with E-state index in [1.165, 1.54) is 95.7 Å². The van der Waals surface area contributed by atoms with E-state index in [9.17, 15) is 0 Å². The van der Waals surface area contributed by atoms with Crippen LogP contribution in [-0.2, 0) is 0 Å². The van der Waals surface area contributed by atoms with Crippen molar-refractivity contribution in [2.45, 2.75) is 18.5 Å². The quantitative estimate of drug-likeness (QED) is 0.163. The molecule has 8 aromatic carbocycles. The molecule has 0 saturated carbocycles. The molecular formula is C51H36N4S2. The Morgan fingerprint density at radius 3 is 1.70 bits per heavy atom. The highest BCUT2D eigenvalue weighted by Gasteiger charge is 2.31. The van der Waals surface area contributed by atoms with Crippen molar-refractivity contribution in [2.24, 2.45) is 0 Å². The van der Waals surface area contributed by atoms with E-state index in [1.54, 1.807) is 0 Å². The fourth-order valence-corrected chi connectivity index (χ4v) is 11.5. The van der Waals surface area contributed by atoms with E-state index >= 15 is 0 Å². The van der Waals surface area contributed by atoms with E-state index < -0.39 is 0 Å². The van der Waals surface area contributed by atoms with E-state index in [0.717, 1.165) is 0 Å². The van der Waals surface area contributed by atoms with Crippen molar-refractivity contribution < 1.29 is 0 Å². The summed E-state index contributed by atoms with van der Waals surface area (Å²) < 4.78 is 7.66. The predicted molar refractivity (Wildman–Crippen MR) is 243 cm³/mol. The van der Waals surface area contributed by atoms with Crippen molar-refractivity contribution in [3.05, 3.63) is 199 Å². The van der Waals surface area contributed by atoms with Crippen LogP contribution in [0.5, 0.6) is 0 Å². The van der Waals surface area contributed by atoms with E-state index in [-0.39, 0.29) is 18.5 Å². The number of para-hydroxylation sites is 2.